The molecule has 2 N–H and O–H groups in total. The second-order valence-electron chi connectivity index (χ2n) is 6.77. The van der Waals surface area contributed by atoms with E-state index in [4.69, 9.17) is 11.6 Å². The van der Waals surface area contributed by atoms with Crippen LogP contribution in [0.3, 0.4) is 0 Å². The number of rotatable bonds is 6. The summed E-state index contributed by atoms with van der Waals surface area (Å²) in [6, 6.07) is 17.0. The third-order valence-corrected chi connectivity index (χ3v) is 5.17. The van der Waals surface area contributed by atoms with Gasteiger partial charge in [-0.15, -0.1) is 0 Å². The first-order valence-electron chi connectivity index (χ1n) is 9.20. The monoisotopic (exact) mass is 385 g/mol. The van der Waals surface area contributed by atoms with Gasteiger partial charge in [0.05, 0.1) is 6.54 Å². The Hall–Kier alpha value is -2.37. The van der Waals surface area contributed by atoms with E-state index in [2.05, 4.69) is 15.5 Å². The number of halogens is 1. The second kappa shape index (κ2) is 9.53. The number of anilines is 1. The average Bonchev–Trinajstić information content (AvgIpc) is 2.69. The Bertz CT molecular complexity index is 774. The van der Waals surface area contributed by atoms with Crippen molar-refractivity contribution in [2.45, 2.75) is 19.4 Å². The third-order valence-electron chi connectivity index (χ3n) is 4.80. The van der Waals surface area contributed by atoms with E-state index in [1.165, 1.54) is 0 Å². The average molecular weight is 386 g/mol. The molecule has 2 amide bonds. The highest BCUT2D eigenvalue weighted by atomic mass is 35.5. The molecule has 142 valence electrons. The van der Waals surface area contributed by atoms with E-state index in [1.807, 2.05) is 54.6 Å². The highest BCUT2D eigenvalue weighted by molar-refractivity contribution is 6.31. The molecule has 0 saturated carbocycles. The summed E-state index contributed by atoms with van der Waals surface area (Å²) in [5, 5.41) is 6.53. The van der Waals surface area contributed by atoms with Gasteiger partial charge in [-0.05, 0) is 49.7 Å². The van der Waals surface area contributed by atoms with Gasteiger partial charge in [-0.3, -0.25) is 14.5 Å². The lowest BCUT2D eigenvalue weighted by molar-refractivity contribution is -0.123. The van der Waals surface area contributed by atoms with Gasteiger partial charge in [-0.25, -0.2) is 0 Å². The number of amides is 2. The van der Waals surface area contributed by atoms with Crippen LogP contribution in [0.15, 0.2) is 54.6 Å². The molecule has 2 aromatic rings. The van der Waals surface area contributed by atoms with Crippen molar-refractivity contribution < 1.29 is 9.59 Å². The maximum absolute atomic E-state index is 12.4. The number of nitrogens with one attached hydrogen (secondary N) is 2. The van der Waals surface area contributed by atoms with Gasteiger partial charge in [-0.1, -0.05) is 48.0 Å². The van der Waals surface area contributed by atoms with Crippen LogP contribution in [-0.4, -0.2) is 36.3 Å². The summed E-state index contributed by atoms with van der Waals surface area (Å²) in [7, 11) is 0. The highest BCUT2D eigenvalue weighted by Crippen LogP contribution is 2.19. The number of hydrogen-bond donors (Lipinski definition) is 2. The zero-order chi connectivity index (χ0) is 19.1. The number of hydrogen-bond acceptors (Lipinski definition) is 3. The molecule has 27 heavy (non-hydrogen) atoms. The van der Waals surface area contributed by atoms with E-state index in [0.717, 1.165) is 37.2 Å². The zero-order valence-electron chi connectivity index (χ0n) is 15.2. The summed E-state index contributed by atoms with van der Waals surface area (Å²) in [5.74, 6) is 0.0266. The molecule has 3 rings (SSSR count). The number of piperidine rings is 1. The number of likely N-dealkylation sites (tertiary alicyclic amines) is 1. The van der Waals surface area contributed by atoms with Crippen LogP contribution in [0.25, 0.3) is 0 Å². The second-order valence-corrected chi connectivity index (χ2v) is 7.18. The molecule has 1 saturated heterocycles. The van der Waals surface area contributed by atoms with E-state index in [-0.39, 0.29) is 17.7 Å². The quantitative estimate of drug-likeness (QED) is 0.802. The van der Waals surface area contributed by atoms with Gasteiger partial charge in [0.2, 0.25) is 11.8 Å². The van der Waals surface area contributed by atoms with Crippen molar-refractivity contribution >= 4 is 29.1 Å². The lowest BCUT2D eigenvalue weighted by Gasteiger charge is -2.30. The summed E-state index contributed by atoms with van der Waals surface area (Å²) in [4.78, 5) is 26.6. The highest BCUT2D eigenvalue weighted by Gasteiger charge is 2.25. The predicted molar refractivity (Wildman–Crippen MR) is 108 cm³/mol. The lowest BCUT2D eigenvalue weighted by atomic mass is 9.96. The topological polar surface area (TPSA) is 61.4 Å². The third kappa shape index (κ3) is 5.81. The van der Waals surface area contributed by atoms with Crippen LogP contribution in [0.5, 0.6) is 0 Å². The Morgan fingerprint density at radius 2 is 1.67 bits per heavy atom. The normalized spacial score (nSPS) is 15.3. The first kappa shape index (κ1) is 19.4. The molecule has 6 heteroatoms. The Labute approximate surface area is 164 Å². The minimum atomic E-state index is -0.0258. The number of nitrogens with zero attached hydrogens (tertiary/aromatic N) is 1. The Kier molecular flexibility index (Phi) is 6.85. The van der Waals surface area contributed by atoms with Gasteiger partial charge in [0.1, 0.15) is 0 Å². The van der Waals surface area contributed by atoms with E-state index in [0.29, 0.717) is 18.1 Å². The molecule has 1 aliphatic rings. The van der Waals surface area contributed by atoms with Crippen molar-refractivity contribution in [1.29, 1.82) is 0 Å². The standard InChI is InChI=1S/C21H24ClN3O2/c22-19-9-5-4-6-17(19)14-23-20(26)15-25-12-10-16(11-13-25)21(27)24-18-7-2-1-3-8-18/h1-9,16H,10-15H2,(H,23,26)(H,24,27). The van der Waals surface area contributed by atoms with Crippen molar-refractivity contribution in [3.05, 3.63) is 65.2 Å². The largest absolute Gasteiger partial charge is 0.351 e. The van der Waals surface area contributed by atoms with Crippen LogP contribution < -0.4 is 10.6 Å². The van der Waals surface area contributed by atoms with Gasteiger partial charge in [-0.2, -0.15) is 0 Å². The number of para-hydroxylation sites is 1. The fourth-order valence-electron chi connectivity index (χ4n) is 3.21. The van der Waals surface area contributed by atoms with E-state index in [1.54, 1.807) is 0 Å². The number of carbonyl (C=O) groups is 2. The molecule has 0 unspecified atom stereocenters. The first-order valence-corrected chi connectivity index (χ1v) is 9.58. The predicted octanol–water partition coefficient (Wildman–Crippen LogP) is 3.31. The molecule has 0 aromatic heterocycles. The van der Waals surface area contributed by atoms with E-state index < -0.39 is 0 Å². The molecule has 1 aliphatic heterocycles. The Morgan fingerprint density at radius 3 is 2.37 bits per heavy atom. The molecule has 0 spiro atoms. The molecular formula is C21H24ClN3O2. The molecule has 0 radical (unpaired) electrons. The molecule has 0 atom stereocenters. The lowest BCUT2D eigenvalue weighted by Crippen LogP contribution is -2.43. The molecule has 5 nitrogen and oxygen atoms in total. The minimum Gasteiger partial charge on any atom is -0.351 e. The van der Waals surface area contributed by atoms with Gasteiger partial charge >= 0.3 is 0 Å². The first-order chi connectivity index (χ1) is 13.1. The van der Waals surface area contributed by atoms with E-state index >= 15 is 0 Å². The van der Waals surface area contributed by atoms with Crippen LogP contribution >= 0.6 is 11.6 Å². The molecule has 1 heterocycles. The van der Waals surface area contributed by atoms with Crippen LogP contribution in [-0.2, 0) is 16.1 Å². The van der Waals surface area contributed by atoms with Crippen molar-refractivity contribution in [3.8, 4) is 0 Å². The van der Waals surface area contributed by atoms with E-state index in [9.17, 15) is 9.59 Å². The summed E-state index contributed by atoms with van der Waals surface area (Å²) >= 11 is 6.10. The fraction of sp³-hybridized carbons (Fsp3) is 0.333. The maximum Gasteiger partial charge on any atom is 0.234 e. The van der Waals surface area contributed by atoms with Gasteiger partial charge in [0.15, 0.2) is 0 Å². The Morgan fingerprint density at radius 1 is 1.00 bits per heavy atom. The summed E-state index contributed by atoms with van der Waals surface area (Å²) in [6.07, 6.45) is 1.52. The summed E-state index contributed by atoms with van der Waals surface area (Å²) < 4.78 is 0. The van der Waals surface area contributed by atoms with Crippen LogP contribution in [0.2, 0.25) is 5.02 Å². The summed E-state index contributed by atoms with van der Waals surface area (Å²) in [5.41, 5.74) is 1.73. The fourth-order valence-corrected chi connectivity index (χ4v) is 3.42. The van der Waals surface area contributed by atoms with Gasteiger partial charge in [0, 0.05) is 23.2 Å². The minimum absolute atomic E-state index is 0.00681. The van der Waals surface area contributed by atoms with Crippen LogP contribution in [0, 0.1) is 5.92 Å². The smallest absolute Gasteiger partial charge is 0.234 e. The molecule has 2 aromatic carbocycles. The molecule has 0 bridgehead atoms. The van der Waals surface area contributed by atoms with Crippen LogP contribution in [0.4, 0.5) is 5.69 Å². The molecule has 1 fully saturated rings. The SMILES string of the molecule is O=C(CN1CCC(C(=O)Nc2ccccc2)CC1)NCc1ccccc1Cl. The molecular weight excluding hydrogens is 362 g/mol. The number of benzene rings is 2. The maximum atomic E-state index is 12.4. The van der Waals surface area contributed by atoms with Gasteiger partial charge in [0.25, 0.3) is 0 Å². The number of carbonyl (C=O) groups excluding carboxylic acids is 2. The Balaban J connectivity index is 1.39. The molecule has 0 aliphatic carbocycles. The van der Waals surface area contributed by atoms with Crippen molar-refractivity contribution in [3.63, 3.8) is 0 Å². The summed E-state index contributed by atoms with van der Waals surface area (Å²) in [6.45, 7) is 2.25. The van der Waals surface area contributed by atoms with Crippen molar-refractivity contribution in [2.75, 3.05) is 25.0 Å². The van der Waals surface area contributed by atoms with Gasteiger partial charge < -0.3 is 10.6 Å². The zero-order valence-corrected chi connectivity index (χ0v) is 15.9. The van der Waals surface area contributed by atoms with Crippen molar-refractivity contribution in [2.24, 2.45) is 5.92 Å². The van der Waals surface area contributed by atoms with Crippen molar-refractivity contribution in [1.82, 2.24) is 10.2 Å². The van der Waals surface area contributed by atoms with Crippen LogP contribution in [0.1, 0.15) is 18.4 Å².